The lowest BCUT2D eigenvalue weighted by Crippen LogP contribution is -2.32. The molecule has 1 heterocycles. The third-order valence-electron chi connectivity index (χ3n) is 4.17. The van der Waals surface area contributed by atoms with Gasteiger partial charge >= 0.3 is 0 Å². The SMILES string of the molecule is COCC(=O)NC(C)c1nc2ccccc2n1CC(=O)Nc1ccccc1F. The van der Waals surface area contributed by atoms with E-state index in [-0.39, 0.29) is 24.7 Å². The molecular formula is C20H21FN4O3. The van der Waals surface area contributed by atoms with Gasteiger partial charge in [-0.05, 0) is 31.2 Å². The number of carbonyl (C=O) groups is 2. The fraction of sp³-hybridized carbons (Fsp3) is 0.250. The zero-order valence-corrected chi connectivity index (χ0v) is 15.6. The van der Waals surface area contributed by atoms with Crippen LogP contribution in [0.15, 0.2) is 48.5 Å². The summed E-state index contributed by atoms with van der Waals surface area (Å²) in [7, 11) is 1.44. The molecule has 7 nitrogen and oxygen atoms in total. The minimum absolute atomic E-state index is 0.0711. The van der Waals surface area contributed by atoms with E-state index in [4.69, 9.17) is 4.74 Å². The van der Waals surface area contributed by atoms with E-state index in [2.05, 4.69) is 15.6 Å². The lowest BCUT2D eigenvalue weighted by Gasteiger charge is -2.16. The molecular weight excluding hydrogens is 363 g/mol. The fourth-order valence-corrected chi connectivity index (χ4v) is 2.97. The lowest BCUT2D eigenvalue weighted by atomic mass is 10.3. The third-order valence-corrected chi connectivity index (χ3v) is 4.17. The van der Waals surface area contributed by atoms with Crippen LogP contribution in [0.4, 0.5) is 10.1 Å². The van der Waals surface area contributed by atoms with Gasteiger partial charge in [0.05, 0.1) is 22.8 Å². The smallest absolute Gasteiger partial charge is 0.246 e. The second-order valence-electron chi connectivity index (χ2n) is 6.30. The van der Waals surface area contributed by atoms with Gasteiger partial charge in [0.2, 0.25) is 11.8 Å². The largest absolute Gasteiger partial charge is 0.375 e. The number of nitrogens with zero attached hydrogens (tertiary/aromatic N) is 2. The second-order valence-corrected chi connectivity index (χ2v) is 6.30. The summed E-state index contributed by atoms with van der Waals surface area (Å²) in [5, 5.41) is 5.36. The van der Waals surface area contributed by atoms with E-state index < -0.39 is 17.8 Å². The number of halogens is 1. The molecule has 0 aliphatic carbocycles. The predicted octanol–water partition coefficient (Wildman–Crippen LogP) is 2.64. The van der Waals surface area contributed by atoms with Gasteiger partial charge in [-0.2, -0.15) is 0 Å². The molecule has 0 bridgehead atoms. The van der Waals surface area contributed by atoms with Crippen LogP contribution in [-0.4, -0.2) is 35.1 Å². The highest BCUT2D eigenvalue weighted by molar-refractivity contribution is 5.92. The van der Waals surface area contributed by atoms with E-state index in [1.165, 1.54) is 19.2 Å². The van der Waals surface area contributed by atoms with Gasteiger partial charge in [0.15, 0.2) is 0 Å². The van der Waals surface area contributed by atoms with Gasteiger partial charge in [0, 0.05) is 7.11 Å². The topological polar surface area (TPSA) is 85.2 Å². The number of hydrogen-bond donors (Lipinski definition) is 2. The molecule has 2 N–H and O–H groups in total. The summed E-state index contributed by atoms with van der Waals surface area (Å²) in [6.45, 7) is 1.63. The number of fused-ring (bicyclic) bond motifs is 1. The Morgan fingerprint density at radius 3 is 2.61 bits per heavy atom. The van der Waals surface area contributed by atoms with Crippen molar-refractivity contribution in [2.75, 3.05) is 19.0 Å². The maximum absolute atomic E-state index is 13.8. The number of rotatable bonds is 7. The maximum atomic E-state index is 13.8. The van der Waals surface area contributed by atoms with Crippen LogP contribution in [-0.2, 0) is 20.9 Å². The zero-order chi connectivity index (χ0) is 20.1. The molecule has 28 heavy (non-hydrogen) atoms. The van der Waals surface area contributed by atoms with Crippen molar-refractivity contribution in [1.82, 2.24) is 14.9 Å². The van der Waals surface area contributed by atoms with Crippen LogP contribution in [0.1, 0.15) is 18.8 Å². The summed E-state index contributed by atoms with van der Waals surface area (Å²) in [6.07, 6.45) is 0. The molecule has 0 fully saturated rings. The molecule has 1 aromatic heterocycles. The number of anilines is 1. The van der Waals surface area contributed by atoms with Crippen molar-refractivity contribution in [2.45, 2.75) is 19.5 Å². The van der Waals surface area contributed by atoms with Gasteiger partial charge in [-0.25, -0.2) is 9.37 Å². The highest BCUT2D eigenvalue weighted by atomic mass is 19.1. The molecule has 1 atom stereocenters. The van der Waals surface area contributed by atoms with E-state index in [0.29, 0.717) is 11.3 Å². The Hall–Kier alpha value is -3.26. The number of imidazole rings is 1. The van der Waals surface area contributed by atoms with Gasteiger partial charge < -0.3 is 19.9 Å². The molecule has 0 radical (unpaired) electrons. The van der Waals surface area contributed by atoms with Gasteiger partial charge in [-0.1, -0.05) is 24.3 Å². The van der Waals surface area contributed by atoms with Crippen LogP contribution in [0.25, 0.3) is 11.0 Å². The highest BCUT2D eigenvalue weighted by Crippen LogP contribution is 2.21. The summed E-state index contributed by atoms with van der Waals surface area (Å²) in [5.74, 6) is -0.671. The average molecular weight is 384 g/mol. The zero-order valence-electron chi connectivity index (χ0n) is 15.6. The monoisotopic (exact) mass is 384 g/mol. The van der Waals surface area contributed by atoms with Crippen molar-refractivity contribution < 1.29 is 18.7 Å². The van der Waals surface area contributed by atoms with Crippen molar-refractivity contribution >= 4 is 28.5 Å². The van der Waals surface area contributed by atoms with Gasteiger partial charge in [0.25, 0.3) is 0 Å². The van der Waals surface area contributed by atoms with Crippen molar-refractivity contribution in [1.29, 1.82) is 0 Å². The van der Waals surface area contributed by atoms with Gasteiger partial charge in [0.1, 0.15) is 24.8 Å². The minimum atomic E-state index is -0.508. The standard InChI is InChI=1S/C20H21FN4O3/c1-13(22-19(27)12-28-2)20-24-16-9-5-6-10-17(16)25(20)11-18(26)23-15-8-4-3-7-14(15)21/h3-10,13H,11-12H2,1-2H3,(H,22,27)(H,23,26). The Morgan fingerprint density at radius 1 is 1.14 bits per heavy atom. The summed E-state index contributed by atoms with van der Waals surface area (Å²) < 4.78 is 20.4. The van der Waals surface area contributed by atoms with E-state index in [1.807, 2.05) is 24.3 Å². The molecule has 146 valence electrons. The molecule has 1 unspecified atom stereocenters. The Morgan fingerprint density at radius 2 is 1.86 bits per heavy atom. The molecule has 0 spiro atoms. The molecule has 0 aliphatic heterocycles. The van der Waals surface area contributed by atoms with E-state index in [0.717, 1.165) is 5.52 Å². The normalized spacial score (nSPS) is 12.0. The number of benzene rings is 2. The molecule has 3 aromatic rings. The lowest BCUT2D eigenvalue weighted by molar-refractivity contribution is -0.125. The first kappa shape index (κ1) is 19.5. The first-order chi connectivity index (χ1) is 13.5. The Labute approximate surface area is 161 Å². The number of hydrogen-bond acceptors (Lipinski definition) is 4. The number of nitrogens with one attached hydrogen (secondary N) is 2. The molecule has 0 aliphatic rings. The number of carbonyl (C=O) groups excluding carboxylic acids is 2. The third kappa shape index (κ3) is 4.34. The molecule has 8 heteroatoms. The minimum Gasteiger partial charge on any atom is -0.375 e. The van der Waals surface area contributed by atoms with Crippen molar-refractivity contribution in [3.63, 3.8) is 0 Å². The number of para-hydroxylation sites is 3. The van der Waals surface area contributed by atoms with Gasteiger partial charge in [-0.15, -0.1) is 0 Å². The van der Waals surface area contributed by atoms with E-state index in [9.17, 15) is 14.0 Å². The number of amides is 2. The first-order valence-corrected chi connectivity index (χ1v) is 8.77. The maximum Gasteiger partial charge on any atom is 0.246 e. The number of aromatic nitrogens is 2. The quantitative estimate of drug-likeness (QED) is 0.656. The van der Waals surface area contributed by atoms with Crippen LogP contribution in [0, 0.1) is 5.82 Å². The van der Waals surface area contributed by atoms with Crippen LogP contribution in [0.5, 0.6) is 0 Å². The average Bonchev–Trinajstić information content (AvgIpc) is 3.02. The van der Waals surface area contributed by atoms with E-state index >= 15 is 0 Å². The summed E-state index contributed by atoms with van der Waals surface area (Å²) in [6, 6.07) is 12.9. The molecule has 2 aromatic carbocycles. The molecule has 2 amide bonds. The van der Waals surface area contributed by atoms with E-state index in [1.54, 1.807) is 23.6 Å². The Kier molecular flexibility index (Phi) is 6.00. The summed E-state index contributed by atoms with van der Waals surface area (Å²) in [5.41, 5.74) is 1.55. The van der Waals surface area contributed by atoms with Crippen molar-refractivity contribution in [3.05, 3.63) is 60.2 Å². The van der Waals surface area contributed by atoms with Crippen LogP contribution < -0.4 is 10.6 Å². The van der Waals surface area contributed by atoms with Crippen LogP contribution in [0.3, 0.4) is 0 Å². The second kappa shape index (κ2) is 8.62. The predicted molar refractivity (Wildman–Crippen MR) is 103 cm³/mol. The first-order valence-electron chi connectivity index (χ1n) is 8.77. The highest BCUT2D eigenvalue weighted by Gasteiger charge is 2.20. The summed E-state index contributed by atoms with van der Waals surface area (Å²) in [4.78, 5) is 29.0. The Balaban J connectivity index is 1.87. The van der Waals surface area contributed by atoms with Crippen LogP contribution >= 0.6 is 0 Å². The molecule has 3 rings (SSSR count). The Bertz CT molecular complexity index is 1000. The van der Waals surface area contributed by atoms with Gasteiger partial charge in [-0.3, -0.25) is 9.59 Å². The van der Waals surface area contributed by atoms with Crippen molar-refractivity contribution in [3.8, 4) is 0 Å². The summed E-state index contributed by atoms with van der Waals surface area (Å²) >= 11 is 0. The van der Waals surface area contributed by atoms with Crippen LogP contribution in [0.2, 0.25) is 0 Å². The molecule has 0 saturated carbocycles. The number of ether oxygens (including phenoxy) is 1. The molecule has 0 saturated heterocycles. The van der Waals surface area contributed by atoms with Crippen molar-refractivity contribution in [2.24, 2.45) is 0 Å². The fourth-order valence-electron chi connectivity index (χ4n) is 2.97. The number of methoxy groups -OCH3 is 1.